The fourth-order valence-electron chi connectivity index (χ4n) is 2.28. The van der Waals surface area contributed by atoms with Crippen LogP contribution in [-0.2, 0) is 19.6 Å². The van der Waals surface area contributed by atoms with Crippen LogP contribution in [0.5, 0.6) is 0 Å². The highest BCUT2D eigenvalue weighted by atomic mass is 32.2. The summed E-state index contributed by atoms with van der Waals surface area (Å²) in [5.74, 6) is -0.516. The van der Waals surface area contributed by atoms with E-state index in [9.17, 15) is 18.0 Å². The van der Waals surface area contributed by atoms with Crippen molar-refractivity contribution in [2.45, 2.75) is 38.1 Å². The molecule has 0 saturated carbocycles. The van der Waals surface area contributed by atoms with Crippen LogP contribution in [0.1, 0.15) is 26.3 Å². The van der Waals surface area contributed by atoms with Gasteiger partial charge in [0.05, 0.1) is 18.0 Å². The smallest absolute Gasteiger partial charge is 0.240 e. The lowest BCUT2D eigenvalue weighted by Crippen LogP contribution is -2.46. The number of benzene rings is 1. The zero-order valence-electron chi connectivity index (χ0n) is 16.1. The number of nitrogens with one attached hydrogen (secondary N) is 3. The molecule has 0 unspecified atom stereocenters. The van der Waals surface area contributed by atoms with Crippen molar-refractivity contribution in [2.24, 2.45) is 0 Å². The number of sulfonamides is 1. The Morgan fingerprint density at radius 3 is 2.23 bits per heavy atom. The summed E-state index contributed by atoms with van der Waals surface area (Å²) in [5.41, 5.74) is 0.618. The lowest BCUT2D eigenvalue weighted by Gasteiger charge is -2.23. The van der Waals surface area contributed by atoms with Crippen molar-refractivity contribution in [2.75, 3.05) is 32.5 Å². The summed E-state index contributed by atoms with van der Waals surface area (Å²) >= 11 is 0. The van der Waals surface area contributed by atoms with Gasteiger partial charge in [0.15, 0.2) is 0 Å². The Labute approximate surface area is 155 Å². The van der Waals surface area contributed by atoms with Gasteiger partial charge in [-0.3, -0.25) is 14.5 Å². The minimum Gasteiger partial charge on any atom is -0.350 e. The highest BCUT2D eigenvalue weighted by Gasteiger charge is 2.18. The van der Waals surface area contributed by atoms with Gasteiger partial charge in [0.25, 0.3) is 0 Å². The maximum Gasteiger partial charge on any atom is 0.240 e. The number of anilines is 1. The first-order valence-electron chi connectivity index (χ1n) is 8.17. The van der Waals surface area contributed by atoms with Crippen molar-refractivity contribution in [1.82, 2.24) is 14.9 Å². The van der Waals surface area contributed by atoms with Crippen molar-refractivity contribution >= 4 is 27.5 Å². The topological polar surface area (TPSA) is 108 Å². The molecule has 1 rings (SSSR count). The van der Waals surface area contributed by atoms with Gasteiger partial charge in [-0.05, 0) is 59.5 Å². The molecule has 0 radical (unpaired) electrons. The van der Waals surface area contributed by atoms with E-state index in [1.165, 1.54) is 13.1 Å². The first-order chi connectivity index (χ1) is 11.8. The van der Waals surface area contributed by atoms with Gasteiger partial charge in [-0.15, -0.1) is 0 Å². The molecule has 0 bridgehead atoms. The molecule has 146 valence electrons. The number of hydrogen-bond acceptors (Lipinski definition) is 5. The van der Waals surface area contributed by atoms with Crippen LogP contribution in [0, 0.1) is 6.92 Å². The fraction of sp³-hybridized carbons (Fsp3) is 0.529. The largest absolute Gasteiger partial charge is 0.350 e. The molecule has 0 aliphatic heterocycles. The van der Waals surface area contributed by atoms with Crippen molar-refractivity contribution in [3.63, 3.8) is 0 Å². The quantitative estimate of drug-likeness (QED) is 0.641. The first-order valence-corrected chi connectivity index (χ1v) is 9.66. The average Bonchev–Trinajstić information content (AvgIpc) is 2.46. The van der Waals surface area contributed by atoms with Gasteiger partial charge in [-0.25, -0.2) is 13.1 Å². The molecular weight excluding hydrogens is 356 g/mol. The summed E-state index contributed by atoms with van der Waals surface area (Å²) in [6.07, 6.45) is 0. The molecule has 0 aliphatic rings. The third kappa shape index (κ3) is 7.11. The monoisotopic (exact) mass is 384 g/mol. The van der Waals surface area contributed by atoms with E-state index >= 15 is 0 Å². The van der Waals surface area contributed by atoms with Gasteiger partial charge in [0.2, 0.25) is 21.8 Å². The maximum absolute atomic E-state index is 12.2. The number of likely N-dealkylation sites (N-methyl/N-ethyl adjacent to an activating group) is 1. The van der Waals surface area contributed by atoms with E-state index in [2.05, 4.69) is 15.4 Å². The number of rotatable bonds is 7. The van der Waals surface area contributed by atoms with Crippen LogP contribution < -0.4 is 15.4 Å². The standard InChI is InChI=1S/C17H28N4O4S/c1-12-7-8-13(9-14(12)26(24,25)18-5)19-15(22)10-21(6)11-16(23)20-17(2,3)4/h7-9,18H,10-11H2,1-6H3,(H,19,22)(H,20,23). The van der Waals surface area contributed by atoms with Gasteiger partial charge >= 0.3 is 0 Å². The van der Waals surface area contributed by atoms with Crippen LogP contribution in [0.15, 0.2) is 23.1 Å². The molecule has 0 fully saturated rings. The Balaban J connectivity index is 2.71. The van der Waals surface area contributed by atoms with Crippen LogP contribution >= 0.6 is 0 Å². The molecule has 0 atom stereocenters. The van der Waals surface area contributed by atoms with Gasteiger partial charge in [0, 0.05) is 11.2 Å². The maximum atomic E-state index is 12.2. The molecule has 0 spiro atoms. The highest BCUT2D eigenvalue weighted by Crippen LogP contribution is 2.19. The van der Waals surface area contributed by atoms with Gasteiger partial charge in [-0.2, -0.15) is 0 Å². The Morgan fingerprint density at radius 1 is 1.12 bits per heavy atom. The summed E-state index contributed by atoms with van der Waals surface area (Å²) in [7, 11) is -0.617. The van der Waals surface area contributed by atoms with E-state index in [1.54, 1.807) is 31.0 Å². The number of carbonyl (C=O) groups is 2. The second-order valence-electron chi connectivity index (χ2n) is 7.21. The van der Waals surface area contributed by atoms with Gasteiger partial charge in [0.1, 0.15) is 0 Å². The van der Waals surface area contributed by atoms with Crippen LogP contribution in [0.3, 0.4) is 0 Å². The number of amides is 2. The number of carbonyl (C=O) groups excluding carboxylic acids is 2. The predicted molar refractivity (Wildman–Crippen MR) is 101 cm³/mol. The van der Waals surface area contributed by atoms with Gasteiger partial charge in [-0.1, -0.05) is 6.07 Å². The third-order valence-corrected chi connectivity index (χ3v) is 4.93. The van der Waals surface area contributed by atoms with Crippen LogP contribution in [0.25, 0.3) is 0 Å². The number of nitrogens with zero attached hydrogens (tertiary/aromatic N) is 1. The van der Waals surface area contributed by atoms with E-state index in [1.807, 2.05) is 20.8 Å². The first kappa shape index (κ1) is 22.1. The molecule has 8 nitrogen and oxygen atoms in total. The van der Waals surface area contributed by atoms with E-state index in [0.717, 1.165) is 0 Å². The lowest BCUT2D eigenvalue weighted by atomic mass is 10.1. The molecule has 9 heteroatoms. The summed E-state index contributed by atoms with van der Waals surface area (Å²) < 4.78 is 26.3. The number of hydrogen-bond donors (Lipinski definition) is 3. The lowest BCUT2D eigenvalue weighted by molar-refractivity contribution is -0.124. The molecule has 3 N–H and O–H groups in total. The molecule has 2 amide bonds. The fourth-order valence-corrected chi connectivity index (χ4v) is 3.28. The van der Waals surface area contributed by atoms with E-state index < -0.39 is 10.0 Å². The zero-order chi connectivity index (χ0) is 20.1. The van der Waals surface area contributed by atoms with Crippen molar-refractivity contribution in [1.29, 1.82) is 0 Å². The van der Waals surface area contributed by atoms with Crippen LogP contribution in [0.4, 0.5) is 5.69 Å². The molecule has 0 aromatic heterocycles. The average molecular weight is 385 g/mol. The zero-order valence-corrected chi connectivity index (χ0v) is 17.0. The number of aryl methyl sites for hydroxylation is 1. The summed E-state index contributed by atoms with van der Waals surface area (Å²) in [6.45, 7) is 7.40. The van der Waals surface area contributed by atoms with Gasteiger partial charge < -0.3 is 10.6 Å². The minimum absolute atomic E-state index is 0.000446. The second-order valence-corrected chi connectivity index (χ2v) is 9.06. The molecule has 0 saturated heterocycles. The Bertz CT molecular complexity index is 769. The normalized spacial score (nSPS) is 12.1. The summed E-state index contributed by atoms with van der Waals surface area (Å²) in [4.78, 5) is 25.7. The molecule has 0 heterocycles. The Hall–Kier alpha value is -1.97. The Kier molecular flexibility index (Phi) is 7.31. The minimum atomic E-state index is -3.61. The van der Waals surface area contributed by atoms with Crippen LogP contribution in [0.2, 0.25) is 0 Å². The van der Waals surface area contributed by atoms with Crippen molar-refractivity contribution in [3.05, 3.63) is 23.8 Å². The predicted octanol–water partition coefficient (Wildman–Crippen LogP) is 0.688. The van der Waals surface area contributed by atoms with E-state index in [-0.39, 0.29) is 35.3 Å². The SMILES string of the molecule is CNS(=O)(=O)c1cc(NC(=O)CN(C)CC(=O)NC(C)(C)C)ccc1C. The van der Waals surface area contributed by atoms with Crippen LogP contribution in [-0.4, -0.2) is 57.9 Å². The van der Waals surface area contributed by atoms with Crippen molar-refractivity contribution in [3.8, 4) is 0 Å². The summed E-state index contributed by atoms with van der Waals surface area (Å²) in [5, 5.41) is 5.48. The molecule has 1 aromatic rings. The van der Waals surface area contributed by atoms with Crippen molar-refractivity contribution < 1.29 is 18.0 Å². The van der Waals surface area contributed by atoms with E-state index in [0.29, 0.717) is 11.3 Å². The molecule has 26 heavy (non-hydrogen) atoms. The highest BCUT2D eigenvalue weighted by molar-refractivity contribution is 7.89. The summed E-state index contributed by atoms with van der Waals surface area (Å²) in [6, 6.07) is 4.67. The third-order valence-electron chi connectivity index (χ3n) is 3.37. The molecule has 0 aliphatic carbocycles. The Morgan fingerprint density at radius 2 is 1.69 bits per heavy atom. The molecule has 1 aromatic carbocycles. The second kappa shape index (κ2) is 8.61. The molecular formula is C17H28N4O4S. The van der Waals surface area contributed by atoms with E-state index in [4.69, 9.17) is 0 Å².